The zero-order valence-corrected chi connectivity index (χ0v) is 15.0. The standard InChI is InChI=1S/C23H20N2O2/c1-17-12-13-20-21(16-17)25(14-15-26)22(24-20)23(27,18-8-4-2-5-9-18)19-10-6-3-7-11-19/h2-13,15-16,27H,14H2,1H3. The Labute approximate surface area is 157 Å². The molecule has 0 bridgehead atoms. The molecule has 3 aromatic carbocycles. The Hall–Kier alpha value is -3.24. The molecule has 4 heteroatoms. The van der Waals surface area contributed by atoms with E-state index in [1.807, 2.05) is 85.8 Å². The lowest BCUT2D eigenvalue weighted by molar-refractivity contribution is -0.108. The minimum absolute atomic E-state index is 0.122. The minimum atomic E-state index is -1.47. The number of nitrogens with zero attached hydrogens (tertiary/aromatic N) is 2. The van der Waals surface area contributed by atoms with E-state index in [-0.39, 0.29) is 6.54 Å². The number of aldehydes is 1. The topological polar surface area (TPSA) is 55.1 Å². The van der Waals surface area contributed by atoms with Crippen molar-refractivity contribution in [3.8, 4) is 0 Å². The van der Waals surface area contributed by atoms with Crippen LogP contribution in [-0.2, 0) is 16.9 Å². The number of aromatic nitrogens is 2. The molecule has 0 saturated carbocycles. The van der Waals surface area contributed by atoms with Crippen LogP contribution in [0.3, 0.4) is 0 Å². The molecule has 27 heavy (non-hydrogen) atoms. The minimum Gasteiger partial charge on any atom is -0.373 e. The summed E-state index contributed by atoms with van der Waals surface area (Å²) < 4.78 is 1.80. The summed E-state index contributed by atoms with van der Waals surface area (Å²) in [4.78, 5) is 16.2. The van der Waals surface area contributed by atoms with Crippen molar-refractivity contribution in [1.29, 1.82) is 0 Å². The Morgan fingerprint density at radius 1 is 0.963 bits per heavy atom. The highest BCUT2D eigenvalue weighted by Crippen LogP contribution is 2.37. The molecule has 0 atom stereocenters. The molecule has 0 spiro atoms. The number of hydrogen-bond acceptors (Lipinski definition) is 3. The fourth-order valence-corrected chi connectivity index (χ4v) is 3.55. The molecule has 4 rings (SSSR count). The fourth-order valence-electron chi connectivity index (χ4n) is 3.55. The highest BCUT2D eigenvalue weighted by molar-refractivity contribution is 5.78. The van der Waals surface area contributed by atoms with Crippen LogP contribution < -0.4 is 0 Å². The second-order valence-corrected chi connectivity index (χ2v) is 6.65. The van der Waals surface area contributed by atoms with Gasteiger partial charge in [-0.3, -0.25) is 0 Å². The van der Waals surface area contributed by atoms with Crippen LogP contribution in [0.15, 0.2) is 78.9 Å². The van der Waals surface area contributed by atoms with Crippen molar-refractivity contribution in [1.82, 2.24) is 9.55 Å². The molecular formula is C23H20N2O2. The quantitative estimate of drug-likeness (QED) is 0.553. The number of fused-ring (bicyclic) bond motifs is 1. The molecule has 0 saturated heterocycles. The first kappa shape index (κ1) is 17.2. The fraction of sp³-hybridized carbons (Fsp3) is 0.130. The summed E-state index contributed by atoms with van der Waals surface area (Å²) in [5.41, 5.74) is 2.60. The predicted octanol–water partition coefficient (Wildman–Crippen LogP) is 3.83. The summed E-state index contributed by atoms with van der Waals surface area (Å²) in [6.45, 7) is 2.12. The number of aryl methyl sites for hydroxylation is 1. The van der Waals surface area contributed by atoms with Gasteiger partial charge in [-0.1, -0.05) is 66.7 Å². The molecule has 4 nitrogen and oxygen atoms in total. The molecule has 134 valence electrons. The Balaban J connectivity index is 2.07. The van der Waals surface area contributed by atoms with E-state index in [1.165, 1.54) is 0 Å². The summed E-state index contributed by atoms with van der Waals surface area (Å²) in [5.74, 6) is 0.438. The van der Waals surface area contributed by atoms with Gasteiger partial charge in [0.15, 0.2) is 11.4 Å². The number of aliphatic hydroxyl groups is 1. The summed E-state index contributed by atoms with van der Waals surface area (Å²) in [7, 11) is 0. The van der Waals surface area contributed by atoms with Crippen LogP contribution in [0, 0.1) is 6.92 Å². The summed E-state index contributed by atoms with van der Waals surface area (Å²) in [6, 6.07) is 24.8. The maximum Gasteiger partial charge on any atom is 0.173 e. The van der Waals surface area contributed by atoms with E-state index in [9.17, 15) is 9.90 Å². The molecule has 0 aliphatic heterocycles. The molecule has 0 aliphatic rings. The second-order valence-electron chi connectivity index (χ2n) is 6.65. The van der Waals surface area contributed by atoms with Crippen LogP contribution in [0.2, 0.25) is 0 Å². The second kappa shape index (κ2) is 6.82. The lowest BCUT2D eigenvalue weighted by Crippen LogP contribution is -2.33. The van der Waals surface area contributed by atoms with Crippen LogP contribution in [0.5, 0.6) is 0 Å². The van der Waals surface area contributed by atoms with Gasteiger partial charge >= 0.3 is 0 Å². The van der Waals surface area contributed by atoms with Gasteiger partial charge in [-0.05, 0) is 35.7 Å². The van der Waals surface area contributed by atoms with Crippen molar-refractivity contribution in [3.63, 3.8) is 0 Å². The third-order valence-electron chi connectivity index (χ3n) is 4.87. The van der Waals surface area contributed by atoms with Crippen molar-refractivity contribution < 1.29 is 9.90 Å². The van der Waals surface area contributed by atoms with Crippen molar-refractivity contribution in [2.24, 2.45) is 0 Å². The number of rotatable bonds is 5. The summed E-state index contributed by atoms with van der Waals surface area (Å²) >= 11 is 0. The van der Waals surface area contributed by atoms with Gasteiger partial charge in [-0.25, -0.2) is 4.98 Å². The number of hydrogen-bond donors (Lipinski definition) is 1. The maximum atomic E-state index is 12.0. The number of carbonyl (C=O) groups excluding carboxylic acids is 1. The largest absolute Gasteiger partial charge is 0.373 e. The molecule has 1 heterocycles. The molecule has 4 aromatic rings. The lowest BCUT2D eigenvalue weighted by atomic mass is 9.85. The predicted molar refractivity (Wildman–Crippen MR) is 106 cm³/mol. The third-order valence-corrected chi connectivity index (χ3v) is 4.87. The number of carbonyl (C=O) groups is 1. The van der Waals surface area contributed by atoms with Gasteiger partial charge in [0.05, 0.1) is 17.6 Å². The monoisotopic (exact) mass is 356 g/mol. The Bertz CT molecular complexity index is 1050. The maximum absolute atomic E-state index is 12.0. The molecule has 1 aromatic heterocycles. The van der Waals surface area contributed by atoms with Crippen molar-refractivity contribution in [2.45, 2.75) is 19.1 Å². The van der Waals surface area contributed by atoms with E-state index in [0.717, 1.165) is 22.9 Å². The Kier molecular flexibility index (Phi) is 4.34. The van der Waals surface area contributed by atoms with Gasteiger partial charge in [-0.2, -0.15) is 0 Å². The first-order chi connectivity index (χ1) is 13.1. The molecule has 0 fully saturated rings. The van der Waals surface area contributed by atoms with Crippen LogP contribution in [0.1, 0.15) is 22.5 Å². The van der Waals surface area contributed by atoms with Gasteiger partial charge < -0.3 is 14.5 Å². The van der Waals surface area contributed by atoms with Gasteiger partial charge in [0, 0.05) is 0 Å². The van der Waals surface area contributed by atoms with E-state index < -0.39 is 5.60 Å². The van der Waals surface area contributed by atoms with E-state index >= 15 is 0 Å². The summed E-state index contributed by atoms with van der Waals surface area (Å²) in [5, 5.41) is 12.0. The molecule has 0 aliphatic carbocycles. The normalized spacial score (nSPS) is 11.6. The van der Waals surface area contributed by atoms with Gasteiger partial charge in [0.2, 0.25) is 0 Å². The van der Waals surface area contributed by atoms with Gasteiger partial charge in [0.25, 0.3) is 0 Å². The van der Waals surface area contributed by atoms with Crippen molar-refractivity contribution >= 4 is 17.3 Å². The number of imidazole rings is 1. The lowest BCUT2D eigenvalue weighted by Gasteiger charge is -2.29. The zero-order valence-electron chi connectivity index (χ0n) is 15.0. The van der Waals surface area contributed by atoms with E-state index in [0.29, 0.717) is 17.0 Å². The van der Waals surface area contributed by atoms with Crippen LogP contribution in [-0.4, -0.2) is 20.9 Å². The highest BCUT2D eigenvalue weighted by atomic mass is 16.3. The Morgan fingerprint density at radius 3 is 2.11 bits per heavy atom. The molecule has 0 amide bonds. The van der Waals surface area contributed by atoms with Crippen LogP contribution >= 0.6 is 0 Å². The third kappa shape index (κ3) is 2.84. The zero-order chi connectivity index (χ0) is 18.9. The van der Waals surface area contributed by atoms with Gasteiger partial charge in [-0.15, -0.1) is 0 Å². The first-order valence-electron chi connectivity index (χ1n) is 8.89. The van der Waals surface area contributed by atoms with Crippen molar-refractivity contribution in [2.75, 3.05) is 0 Å². The smallest absolute Gasteiger partial charge is 0.173 e. The highest BCUT2D eigenvalue weighted by Gasteiger charge is 2.38. The molecule has 0 radical (unpaired) electrons. The average molecular weight is 356 g/mol. The van der Waals surface area contributed by atoms with Crippen molar-refractivity contribution in [3.05, 3.63) is 101 Å². The first-order valence-corrected chi connectivity index (χ1v) is 8.89. The van der Waals surface area contributed by atoms with E-state index in [4.69, 9.17) is 4.98 Å². The molecule has 1 N–H and O–H groups in total. The summed E-state index contributed by atoms with van der Waals surface area (Å²) in [6.07, 6.45) is 0.837. The van der Waals surface area contributed by atoms with Crippen LogP contribution in [0.25, 0.3) is 11.0 Å². The van der Waals surface area contributed by atoms with E-state index in [2.05, 4.69) is 0 Å². The van der Waals surface area contributed by atoms with Crippen LogP contribution in [0.4, 0.5) is 0 Å². The Morgan fingerprint density at radius 2 is 1.56 bits per heavy atom. The molecule has 0 unspecified atom stereocenters. The average Bonchev–Trinajstić information content (AvgIpc) is 3.07. The van der Waals surface area contributed by atoms with Gasteiger partial charge in [0.1, 0.15) is 6.29 Å². The van der Waals surface area contributed by atoms with E-state index in [1.54, 1.807) is 4.57 Å². The molecular weight excluding hydrogens is 336 g/mol. The number of benzene rings is 3. The SMILES string of the molecule is Cc1ccc2nc(C(O)(c3ccccc3)c3ccccc3)n(CC=O)c2c1.